The Labute approximate surface area is 75.2 Å². The third-order valence-electron chi connectivity index (χ3n) is 1.46. The van der Waals surface area contributed by atoms with Gasteiger partial charge in [-0.3, -0.25) is 0 Å². The molecule has 0 saturated carbocycles. The van der Waals surface area contributed by atoms with Gasteiger partial charge >= 0.3 is 0 Å². The number of methoxy groups -OCH3 is 1. The van der Waals surface area contributed by atoms with Gasteiger partial charge < -0.3 is 9.84 Å². The van der Waals surface area contributed by atoms with Gasteiger partial charge in [-0.25, -0.2) is 0 Å². The van der Waals surface area contributed by atoms with Crippen molar-refractivity contribution < 1.29 is 9.84 Å². The predicted octanol–water partition coefficient (Wildman–Crippen LogP) is 0.944. The number of benzene rings is 1. The Morgan fingerprint density at radius 3 is 2.62 bits per heavy atom. The van der Waals surface area contributed by atoms with Gasteiger partial charge in [0.2, 0.25) is 0 Å². The van der Waals surface area contributed by atoms with Gasteiger partial charge in [-0.2, -0.15) is 10.5 Å². The number of nitriles is 2. The molecule has 1 N–H and O–H groups in total. The zero-order valence-electron chi connectivity index (χ0n) is 6.83. The average molecular weight is 173 g/mol. The van der Waals surface area contributed by atoms with Crippen LogP contribution in [0.2, 0.25) is 0 Å². The number of aromatic hydroxyl groups is 1. The first-order valence-electron chi connectivity index (χ1n) is 3.36. The number of hydrogen-bond acceptors (Lipinski definition) is 4. The van der Waals surface area contributed by atoms with Crippen molar-refractivity contribution in [1.29, 1.82) is 10.5 Å². The number of ether oxygens (including phenoxy) is 1. The van der Waals surface area contributed by atoms with E-state index in [2.05, 4.69) is 6.07 Å². The lowest BCUT2D eigenvalue weighted by Gasteiger charge is -2.03. The second-order valence-electron chi connectivity index (χ2n) is 2.20. The van der Waals surface area contributed by atoms with Crippen LogP contribution in [0.15, 0.2) is 6.07 Å². The smallest absolute Gasteiger partial charge is 0.176 e. The lowest BCUT2D eigenvalue weighted by atomic mass is 10.1. The molecule has 0 aliphatic rings. The fourth-order valence-corrected chi connectivity index (χ4v) is 0.849. The van der Waals surface area contributed by atoms with Crippen LogP contribution >= 0.6 is 0 Å². The lowest BCUT2D eigenvalue weighted by Crippen LogP contribution is -1.89. The van der Waals surface area contributed by atoms with E-state index in [1.807, 2.05) is 0 Å². The molecule has 0 amide bonds. The van der Waals surface area contributed by atoms with Crippen LogP contribution in [0.1, 0.15) is 11.1 Å². The molecule has 0 atom stereocenters. The number of phenolic OH excluding ortho intramolecular Hbond substituents is 1. The molecule has 1 rings (SSSR count). The molecule has 0 unspecified atom stereocenters. The van der Waals surface area contributed by atoms with Gasteiger partial charge in [-0.05, 0) is 0 Å². The molecule has 0 aliphatic carbocycles. The number of rotatable bonds is 1. The fraction of sp³-hybridized carbons (Fsp3) is 0.111. The lowest BCUT2D eigenvalue weighted by molar-refractivity contribution is 0.372. The molecule has 13 heavy (non-hydrogen) atoms. The minimum Gasteiger partial charge on any atom is -0.503 e. The van der Waals surface area contributed by atoms with Crippen molar-refractivity contribution in [2.24, 2.45) is 0 Å². The average Bonchev–Trinajstić information content (AvgIpc) is 2.18. The second kappa shape index (κ2) is 3.46. The Morgan fingerprint density at radius 2 is 2.15 bits per heavy atom. The fourth-order valence-electron chi connectivity index (χ4n) is 0.849. The van der Waals surface area contributed by atoms with Gasteiger partial charge in [-0.1, -0.05) is 0 Å². The second-order valence-corrected chi connectivity index (χ2v) is 2.20. The molecule has 0 fully saturated rings. The summed E-state index contributed by atoms with van der Waals surface area (Å²) in [5, 5.41) is 26.4. The van der Waals surface area contributed by atoms with Gasteiger partial charge in [0, 0.05) is 12.1 Å². The molecule has 1 radical (unpaired) electrons. The molecule has 0 heterocycles. The Hall–Kier alpha value is -2.20. The van der Waals surface area contributed by atoms with E-state index in [0.29, 0.717) is 0 Å². The van der Waals surface area contributed by atoms with Crippen LogP contribution in [-0.4, -0.2) is 12.2 Å². The van der Waals surface area contributed by atoms with Crippen molar-refractivity contribution in [2.45, 2.75) is 0 Å². The maximum Gasteiger partial charge on any atom is 0.176 e. The number of phenols is 1. The van der Waals surface area contributed by atoms with E-state index < -0.39 is 0 Å². The summed E-state index contributed by atoms with van der Waals surface area (Å²) in [5.74, 6) is -0.184. The van der Waals surface area contributed by atoms with Crippen molar-refractivity contribution in [3.05, 3.63) is 23.3 Å². The van der Waals surface area contributed by atoms with Crippen LogP contribution in [0.4, 0.5) is 0 Å². The molecule has 4 heteroatoms. The summed E-state index contributed by atoms with van der Waals surface area (Å²) in [5.41, 5.74) is 0.0714. The van der Waals surface area contributed by atoms with Crippen LogP contribution in [0.5, 0.6) is 11.5 Å². The minimum atomic E-state index is -0.288. The molecule has 0 saturated heterocycles. The zero-order valence-corrected chi connectivity index (χ0v) is 6.83. The zero-order chi connectivity index (χ0) is 9.84. The first-order valence-corrected chi connectivity index (χ1v) is 3.36. The van der Waals surface area contributed by atoms with Crippen LogP contribution in [0.3, 0.4) is 0 Å². The van der Waals surface area contributed by atoms with Crippen molar-refractivity contribution in [3.8, 4) is 23.6 Å². The minimum absolute atomic E-state index is 0.0871. The van der Waals surface area contributed by atoms with Crippen LogP contribution in [-0.2, 0) is 0 Å². The quantitative estimate of drug-likeness (QED) is 0.685. The normalized spacial score (nSPS) is 8.54. The maximum absolute atomic E-state index is 9.32. The molecule has 0 bridgehead atoms. The molecule has 0 spiro atoms. The Kier molecular flexibility index (Phi) is 2.37. The van der Waals surface area contributed by atoms with E-state index >= 15 is 0 Å². The molecule has 0 aromatic heterocycles. The highest BCUT2D eigenvalue weighted by molar-refractivity contribution is 5.55. The van der Waals surface area contributed by atoms with Crippen molar-refractivity contribution in [2.75, 3.05) is 7.11 Å². The highest BCUT2D eigenvalue weighted by atomic mass is 16.5. The monoisotopic (exact) mass is 173 g/mol. The first kappa shape index (κ1) is 8.89. The maximum atomic E-state index is 9.32. The Balaban J connectivity index is 3.42. The third kappa shape index (κ3) is 1.52. The van der Waals surface area contributed by atoms with Gasteiger partial charge in [0.1, 0.15) is 11.6 Å². The van der Waals surface area contributed by atoms with E-state index in [0.717, 1.165) is 0 Å². The summed E-state index contributed by atoms with van der Waals surface area (Å²) in [7, 11) is 1.34. The summed E-state index contributed by atoms with van der Waals surface area (Å²) >= 11 is 0. The van der Waals surface area contributed by atoms with Gasteiger partial charge in [-0.15, -0.1) is 0 Å². The van der Waals surface area contributed by atoms with Gasteiger partial charge in [0.25, 0.3) is 0 Å². The number of nitrogens with zero attached hydrogens (tertiary/aromatic N) is 2. The molecule has 4 nitrogen and oxygen atoms in total. The van der Waals surface area contributed by atoms with Crippen LogP contribution < -0.4 is 4.74 Å². The molecule has 0 aliphatic heterocycles. The summed E-state index contributed by atoms with van der Waals surface area (Å²) in [6.45, 7) is 0. The summed E-state index contributed by atoms with van der Waals surface area (Å²) in [4.78, 5) is 0. The van der Waals surface area contributed by atoms with E-state index in [4.69, 9.17) is 15.3 Å². The van der Waals surface area contributed by atoms with Crippen molar-refractivity contribution >= 4 is 0 Å². The standard InChI is InChI=1S/C9H5N2O2/c1-13-8-3-6(4-10)2-7(5-11)9(8)12/h3,12H,1H3. The van der Waals surface area contributed by atoms with E-state index in [1.54, 1.807) is 12.1 Å². The van der Waals surface area contributed by atoms with Gasteiger partial charge in [0.05, 0.1) is 18.7 Å². The van der Waals surface area contributed by atoms with E-state index in [1.165, 1.54) is 13.2 Å². The van der Waals surface area contributed by atoms with Crippen molar-refractivity contribution in [1.82, 2.24) is 0 Å². The van der Waals surface area contributed by atoms with Crippen molar-refractivity contribution in [3.63, 3.8) is 0 Å². The molecular formula is C9H5N2O2. The SMILES string of the molecule is COc1cc(C#N)[c]c(C#N)c1O. The summed E-state index contributed by atoms with van der Waals surface area (Å²) in [6, 6.07) is 7.26. The molecule has 63 valence electrons. The Morgan fingerprint density at radius 1 is 1.46 bits per heavy atom. The van der Waals surface area contributed by atoms with Gasteiger partial charge in [0.15, 0.2) is 11.5 Å². The van der Waals surface area contributed by atoms with E-state index in [-0.39, 0.29) is 22.6 Å². The summed E-state index contributed by atoms with van der Waals surface area (Å²) in [6.07, 6.45) is 0. The predicted molar refractivity (Wildman–Crippen MR) is 42.9 cm³/mol. The Bertz CT molecular complexity index is 413. The van der Waals surface area contributed by atoms with Crippen LogP contribution in [0, 0.1) is 28.7 Å². The molecular weight excluding hydrogens is 168 g/mol. The highest BCUT2D eigenvalue weighted by Crippen LogP contribution is 2.29. The third-order valence-corrected chi connectivity index (χ3v) is 1.46. The number of hydrogen-bond donors (Lipinski definition) is 1. The summed E-state index contributed by atoms with van der Waals surface area (Å²) < 4.78 is 4.76. The largest absolute Gasteiger partial charge is 0.503 e. The molecule has 1 aromatic rings. The van der Waals surface area contributed by atoms with E-state index in [9.17, 15) is 5.11 Å². The van der Waals surface area contributed by atoms with Crippen LogP contribution in [0.25, 0.3) is 0 Å². The molecule has 1 aromatic carbocycles. The first-order chi connectivity index (χ1) is 6.22. The topological polar surface area (TPSA) is 77.0 Å². The highest BCUT2D eigenvalue weighted by Gasteiger charge is 2.10.